The summed E-state index contributed by atoms with van der Waals surface area (Å²) in [6.45, 7) is 4.91. The van der Waals surface area contributed by atoms with Crippen molar-refractivity contribution in [3.63, 3.8) is 0 Å². The lowest BCUT2D eigenvalue weighted by Crippen LogP contribution is -2.47. The summed E-state index contributed by atoms with van der Waals surface area (Å²) in [5.74, 6) is 0.837. The minimum absolute atomic E-state index is 0.0383. The predicted octanol–water partition coefficient (Wildman–Crippen LogP) is 4.17. The summed E-state index contributed by atoms with van der Waals surface area (Å²) in [5.41, 5.74) is 2.58. The number of halogens is 1. The number of piperazine rings is 1. The van der Waals surface area contributed by atoms with Crippen molar-refractivity contribution in [3.8, 4) is 0 Å². The summed E-state index contributed by atoms with van der Waals surface area (Å²) in [6, 6.07) is 19.4. The van der Waals surface area contributed by atoms with Crippen LogP contribution in [-0.4, -0.2) is 47.8 Å². The van der Waals surface area contributed by atoms with Crippen LogP contribution >= 0.6 is 11.6 Å². The van der Waals surface area contributed by atoms with Crippen LogP contribution in [-0.2, 0) is 11.8 Å². The molecular weight excluding hydrogens is 384 g/mol. The fourth-order valence-corrected chi connectivity index (χ4v) is 4.29. The molecule has 2 aliphatic rings. The highest BCUT2D eigenvalue weighted by atomic mass is 35.5. The van der Waals surface area contributed by atoms with Gasteiger partial charge in [0.25, 0.3) is 0 Å². The summed E-state index contributed by atoms with van der Waals surface area (Å²) >= 11 is 5.97. The topological polar surface area (TPSA) is 45.4 Å². The van der Waals surface area contributed by atoms with Gasteiger partial charge in [-0.15, -0.1) is 0 Å². The Kier molecular flexibility index (Phi) is 5.02. The third-order valence-electron chi connectivity index (χ3n) is 6.19. The Morgan fingerprint density at radius 1 is 0.931 bits per heavy atom. The maximum atomic E-state index is 5.97. The quantitative estimate of drug-likeness (QED) is 0.612. The van der Waals surface area contributed by atoms with Crippen LogP contribution < -0.4 is 4.90 Å². The minimum Gasteiger partial charge on any atom is -0.322 e. The summed E-state index contributed by atoms with van der Waals surface area (Å²) < 4.78 is 5.66. The van der Waals surface area contributed by atoms with Gasteiger partial charge in [0.2, 0.25) is 0 Å². The van der Waals surface area contributed by atoms with Crippen molar-refractivity contribution >= 4 is 17.6 Å². The van der Waals surface area contributed by atoms with Gasteiger partial charge < -0.3 is 9.42 Å². The highest BCUT2D eigenvalue weighted by Crippen LogP contribution is 2.52. The van der Waals surface area contributed by atoms with Gasteiger partial charge in [0, 0.05) is 37.7 Å². The number of hydrogen-bond donors (Lipinski definition) is 0. The van der Waals surface area contributed by atoms with Gasteiger partial charge in [0.1, 0.15) is 0 Å². The first-order chi connectivity index (χ1) is 14.2. The predicted molar refractivity (Wildman–Crippen MR) is 115 cm³/mol. The lowest BCUT2D eigenvalue weighted by molar-refractivity contribution is 0.253. The van der Waals surface area contributed by atoms with E-state index in [-0.39, 0.29) is 5.41 Å². The van der Waals surface area contributed by atoms with E-state index in [9.17, 15) is 0 Å². The van der Waals surface area contributed by atoms with Crippen molar-refractivity contribution in [2.24, 2.45) is 0 Å². The normalized spacial score (nSPS) is 18.7. The maximum Gasteiger partial charge on any atom is 0.324 e. The fourth-order valence-electron chi connectivity index (χ4n) is 4.16. The zero-order chi connectivity index (χ0) is 19.7. The van der Waals surface area contributed by atoms with Crippen LogP contribution in [0.5, 0.6) is 0 Å². The molecule has 1 saturated carbocycles. The van der Waals surface area contributed by atoms with E-state index in [2.05, 4.69) is 51.4 Å². The van der Waals surface area contributed by atoms with Gasteiger partial charge in [-0.3, -0.25) is 4.90 Å². The first-order valence-electron chi connectivity index (χ1n) is 10.3. The fraction of sp³-hybridized carbons (Fsp3) is 0.391. The first-order valence-corrected chi connectivity index (χ1v) is 10.7. The number of benzene rings is 2. The van der Waals surface area contributed by atoms with Crippen LogP contribution in [0.4, 0.5) is 6.01 Å². The molecule has 0 bridgehead atoms. The number of hydrogen-bond acceptors (Lipinski definition) is 5. The lowest BCUT2D eigenvalue weighted by atomic mass is 9.95. The SMILES string of the molecule is Clc1ccc(CCN2CCN(c3nc(C4(c5ccccc5)CC4)no3)CC2)cc1. The lowest BCUT2D eigenvalue weighted by Gasteiger charge is -2.33. The largest absolute Gasteiger partial charge is 0.324 e. The van der Waals surface area contributed by atoms with Crippen molar-refractivity contribution in [3.05, 3.63) is 76.6 Å². The standard InChI is InChI=1S/C23H25ClN4O/c24-20-8-6-18(7-9-20)10-13-27-14-16-28(17-15-27)22-25-21(26-29-22)23(11-12-23)19-4-2-1-3-5-19/h1-9H,10-17H2. The molecule has 0 N–H and O–H groups in total. The highest BCUT2D eigenvalue weighted by Gasteiger charge is 2.50. The van der Waals surface area contributed by atoms with Crippen molar-refractivity contribution in [1.82, 2.24) is 15.0 Å². The molecule has 5 nitrogen and oxygen atoms in total. The van der Waals surface area contributed by atoms with Crippen molar-refractivity contribution in [2.75, 3.05) is 37.6 Å². The van der Waals surface area contributed by atoms with Crippen LogP contribution in [0.15, 0.2) is 59.1 Å². The third-order valence-corrected chi connectivity index (χ3v) is 6.44. The number of aromatic nitrogens is 2. The molecule has 29 heavy (non-hydrogen) atoms. The minimum atomic E-state index is -0.0383. The van der Waals surface area contributed by atoms with E-state index < -0.39 is 0 Å². The second-order valence-electron chi connectivity index (χ2n) is 8.05. The second-order valence-corrected chi connectivity index (χ2v) is 8.49. The van der Waals surface area contributed by atoms with E-state index in [4.69, 9.17) is 21.1 Å². The number of anilines is 1. The molecule has 6 heteroatoms. The van der Waals surface area contributed by atoms with Crippen LogP contribution in [0.2, 0.25) is 5.02 Å². The monoisotopic (exact) mass is 408 g/mol. The van der Waals surface area contributed by atoms with Crippen LogP contribution in [0.3, 0.4) is 0 Å². The van der Waals surface area contributed by atoms with Gasteiger partial charge >= 0.3 is 6.01 Å². The Balaban J connectivity index is 1.17. The van der Waals surface area contributed by atoms with E-state index in [1.54, 1.807) is 0 Å². The molecule has 0 spiro atoms. The molecule has 0 unspecified atom stereocenters. The Bertz CT molecular complexity index is 945. The first kappa shape index (κ1) is 18.6. The van der Waals surface area contributed by atoms with E-state index in [0.717, 1.165) is 62.8 Å². The third kappa shape index (κ3) is 3.89. The molecule has 1 aromatic heterocycles. The molecular formula is C23H25ClN4O. The second kappa shape index (κ2) is 7.81. The van der Waals surface area contributed by atoms with Crippen molar-refractivity contribution in [2.45, 2.75) is 24.7 Å². The molecule has 3 aromatic rings. The average molecular weight is 409 g/mol. The van der Waals surface area contributed by atoms with Crippen LogP contribution in [0, 0.1) is 0 Å². The maximum absolute atomic E-state index is 5.97. The summed E-state index contributed by atoms with van der Waals surface area (Å²) in [6.07, 6.45) is 3.23. The molecule has 2 aromatic carbocycles. The number of rotatable bonds is 6. The molecule has 2 fully saturated rings. The highest BCUT2D eigenvalue weighted by molar-refractivity contribution is 6.30. The molecule has 150 valence electrons. The molecule has 1 saturated heterocycles. The van der Waals surface area contributed by atoms with E-state index in [1.807, 2.05) is 18.2 Å². The van der Waals surface area contributed by atoms with Gasteiger partial charge in [-0.05, 0) is 42.5 Å². The Morgan fingerprint density at radius 3 is 2.34 bits per heavy atom. The summed E-state index contributed by atoms with van der Waals surface area (Å²) in [5, 5.41) is 5.14. The summed E-state index contributed by atoms with van der Waals surface area (Å²) in [4.78, 5) is 9.50. The zero-order valence-corrected chi connectivity index (χ0v) is 17.2. The average Bonchev–Trinajstić information content (AvgIpc) is 3.44. The molecule has 0 atom stereocenters. The van der Waals surface area contributed by atoms with Gasteiger partial charge in [-0.25, -0.2) is 0 Å². The molecule has 0 radical (unpaired) electrons. The summed E-state index contributed by atoms with van der Waals surface area (Å²) in [7, 11) is 0. The number of nitrogens with zero attached hydrogens (tertiary/aromatic N) is 4. The van der Waals surface area contributed by atoms with Crippen LogP contribution in [0.25, 0.3) is 0 Å². The van der Waals surface area contributed by atoms with Gasteiger partial charge in [-0.1, -0.05) is 59.2 Å². The van der Waals surface area contributed by atoms with Crippen LogP contribution in [0.1, 0.15) is 29.8 Å². The Morgan fingerprint density at radius 2 is 1.66 bits per heavy atom. The van der Waals surface area contributed by atoms with E-state index in [0.29, 0.717) is 6.01 Å². The zero-order valence-electron chi connectivity index (χ0n) is 16.4. The van der Waals surface area contributed by atoms with Gasteiger partial charge in [-0.2, -0.15) is 4.98 Å². The molecule has 2 heterocycles. The van der Waals surface area contributed by atoms with Gasteiger partial charge in [0.05, 0.1) is 5.41 Å². The Hall–Kier alpha value is -2.37. The molecule has 0 amide bonds. The molecule has 1 aliphatic heterocycles. The Labute approximate surface area is 176 Å². The molecule has 1 aliphatic carbocycles. The smallest absolute Gasteiger partial charge is 0.322 e. The van der Waals surface area contributed by atoms with Crippen molar-refractivity contribution in [1.29, 1.82) is 0 Å². The van der Waals surface area contributed by atoms with E-state index >= 15 is 0 Å². The molecule has 5 rings (SSSR count). The van der Waals surface area contributed by atoms with Crippen molar-refractivity contribution < 1.29 is 4.52 Å². The van der Waals surface area contributed by atoms with Gasteiger partial charge in [0.15, 0.2) is 5.82 Å². The van der Waals surface area contributed by atoms with E-state index in [1.165, 1.54) is 11.1 Å².